The van der Waals surface area contributed by atoms with Gasteiger partial charge in [0.05, 0.1) is 0 Å². The third-order valence-electron chi connectivity index (χ3n) is 2.55. The van der Waals surface area contributed by atoms with Gasteiger partial charge in [-0.3, -0.25) is 0 Å². The molecule has 0 bridgehead atoms. The molecule has 90 valence electrons. The summed E-state index contributed by atoms with van der Waals surface area (Å²) in [6.07, 6.45) is 1.38. The summed E-state index contributed by atoms with van der Waals surface area (Å²) in [5.41, 5.74) is 7.08. The van der Waals surface area contributed by atoms with Gasteiger partial charge in [-0.05, 0) is 35.0 Å². The Kier molecular flexibility index (Phi) is 2.77. The fourth-order valence-corrected chi connectivity index (χ4v) is 2.56. The third kappa shape index (κ3) is 1.98. The summed E-state index contributed by atoms with van der Waals surface area (Å²) in [6.45, 7) is 0. The fourth-order valence-electron chi connectivity index (χ4n) is 1.65. The number of rotatable bonds is 2. The third-order valence-corrected chi connectivity index (χ3v) is 3.75. The highest BCUT2D eigenvalue weighted by molar-refractivity contribution is 7.17. The van der Waals surface area contributed by atoms with Crippen molar-refractivity contribution in [2.24, 2.45) is 0 Å². The summed E-state index contributed by atoms with van der Waals surface area (Å²) in [4.78, 5) is 7.89. The predicted molar refractivity (Wildman–Crippen MR) is 76.6 cm³/mol. The number of halogens is 1. The zero-order valence-corrected chi connectivity index (χ0v) is 10.8. The minimum Gasteiger partial charge on any atom is -0.393 e. The lowest BCUT2D eigenvalue weighted by Gasteiger charge is -2.08. The SMILES string of the molecule is Nc1c(Cl)ncnc1Nc1ccc2sccc2c1. The number of nitrogen functional groups attached to an aromatic ring is 1. The first-order chi connectivity index (χ1) is 8.74. The van der Waals surface area contributed by atoms with Crippen molar-refractivity contribution in [2.45, 2.75) is 0 Å². The van der Waals surface area contributed by atoms with E-state index in [1.807, 2.05) is 12.1 Å². The lowest BCUT2D eigenvalue weighted by molar-refractivity contribution is 1.17. The first-order valence-electron chi connectivity index (χ1n) is 5.24. The molecule has 2 aromatic heterocycles. The molecule has 4 nitrogen and oxygen atoms in total. The van der Waals surface area contributed by atoms with Crippen molar-refractivity contribution >= 4 is 50.2 Å². The molecule has 0 radical (unpaired) electrons. The van der Waals surface area contributed by atoms with Crippen molar-refractivity contribution in [1.29, 1.82) is 0 Å². The number of aromatic nitrogens is 2. The Morgan fingerprint density at radius 2 is 2.11 bits per heavy atom. The van der Waals surface area contributed by atoms with Crippen LogP contribution in [0, 0.1) is 0 Å². The van der Waals surface area contributed by atoms with Gasteiger partial charge < -0.3 is 11.1 Å². The van der Waals surface area contributed by atoms with Crippen LogP contribution in [0.15, 0.2) is 36.0 Å². The second-order valence-corrected chi connectivity index (χ2v) is 5.03. The van der Waals surface area contributed by atoms with Crippen molar-refractivity contribution in [1.82, 2.24) is 9.97 Å². The average Bonchev–Trinajstić information content (AvgIpc) is 2.82. The van der Waals surface area contributed by atoms with E-state index in [0.717, 1.165) is 5.69 Å². The molecule has 3 aromatic rings. The number of fused-ring (bicyclic) bond motifs is 1. The molecule has 3 N–H and O–H groups in total. The van der Waals surface area contributed by atoms with Crippen molar-refractivity contribution in [3.8, 4) is 0 Å². The Hall–Kier alpha value is -1.85. The van der Waals surface area contributed by atoms with Crippen molar-refractivity contribution < 1.29 is 0 Å². The molecule has 0 spiro atoms. The van der Waals surface area contributed by atoms with Gasteiger partial charge in [0.15, 0.2) is 11.0 Å². The van der Waals surface area contributed by atoms with Gasteiger partial charge in [0, 0.05) is 10.4 Å². The Morgan fingerprint density at radius 1 is 1.22 bits per heavy atom. The summed E-state index contributed by atoms with van der Waals surface area (Å²) in [5, 5.41) is 6.64. The second kappa shape index (κ2) is 4.44. The van der Waals surface area contributed by atoms with Gasteiger partial charge in [-0.1, -0.05) is 11.6 Å². The van der Waals surface area contributed by atoms with Gasteiger partial charge in [-0.15, -0.1) is 11.3 Å². The summed E-state index contributed by atoms with van der Waals surface area (Å²) >= 11 is 7.55. The smallest absolute Gasteiger partial charge is 0.158 e. The highest BCUT2D eigenvalue weighted by atomic mass is 35.5. The first-order valence-corrected chi connectivity index (χ1v) is 6.50. The van der Waals surface area contributed by atoms with E-state index in [9.17, 15) is 0 Å². The van der Waals surface area contributed by atoms with Crippen molar-refractivity contribution in [3.63, 3.8) is 0 Å². The Labute approximate surface area is 112 Å². The van der Waals surface area contributed by atoms with E-state index in [1.165, 1.54) is 16.4 Å². The molecular weight excluding hydrogens is 268 g/mol. The van der Waals surface area contributed by atoms with Crippen LogP contribution in [0.25, 0.3) is 10.1 Å². The van der Waals surface area contributed by atoms with Crippen LogP contribution in [0.2, 0.25) is 5.15 Å². The van der Waals surface area contributed by atoms with Crippen LogP contribution >= 0.6 is 22.9 Å². The quantitative estimate of drug-likeness (QED) is 0.701. The van der Waals surface area contributed by atoms with Crippen LogP contribution in [0.3, 0.4) is 0 Å². The largest absolute Gasteiger partial charge is 0.393 e. The van der Waals surface area contributed by atoms with Crippen molar-refractivity contribution in [2.75, 3.05) is 11.1 Å². The molecule has 3 rings (SSSR count). The lowest BCUT2D eigenvalue weighted by Crippen LogP contribution is -2.00. The van der Waals surface area contributed by atoms with E-state index in [4.69, 9.17) is 17.3 Å². The second-order valence-electron chi connectivity index (χ2n) is 3.72. The minimum absolute atomic E-state index is 0.254. The van der Waals surface area contributed by atoms with Gasteiger partial charge in [-0.2, -0.15) is 0 Å². The van der Waals surface area contributed by atoms with E-state index in [-0.39, 0.29) is 5.15 Å². The van der Waals surface area contributed by atoms with E-state index >= 15 is 0 Å². The highest BCUT2D eigenvalue weighted by Gasteiger charge is 2.06. The van der Waals surface area contributed by atoms with Crippen LogP contribution in [0.1, 0.15) is 0 Å². The number of nitrogens with two attached hydrogens (primary N) is 1. The molecule has 0 saturated heterocycles. The van der Waals surface area contributed by atoms with E-state index < -0.39 is 0 Å². The van der Waals surface area contributed by atoms with Gasteiger partial charge in [-0.25, -0.2) is 9.97 Å². The predicted octanol–water partition coefficient (Wildman–Crippen LogP) is 3.67. The lowest BCUT2D eigenvalue weighted by atomic mass is 10.2. The molecule has 0 fully saturated rings. The summed E-state index contributed by atoms with van der Waals surface area (Å²) in [7, 11) is 0. The number of benzene rings is 1. The van der Waals surface area contributed by atoms with Crippen LogP contribution < -0.4 is 11.1 Å². The maximum Gasteiger partial charge on any atom is 0.158 e. The molecule has 0 aliphatic rings. The normalized spacial score (nSPS) is 10.7. The number of nitrogens with one attached hydrogen (secondary N) is 1. The zero-order chi connectivity index (χ0) is 12.5. The molecule has 0 unspecified atom stereocenters. The molecule has 2 heterocycles. The molecule has 0 atom stereocenters. The monoisotopic (exact) mass is 276 g/mol. The van der Waals surface area contributed by atoms with Crippen LogP contribution in [-0.4, -0.2) is 9.97 Å². The fraction of sp³-hybridized carbons (Fsp3) is 0. The molecule has 0 saturated carbocycles. The molecular formula is C12H9ClN4S. The Bertz CT molecular complexity index is 710. The molecule has 0 aliphatic carbocycles. The number of thiophene rings is 1. The van der Waals surface area contributed by atoms with Crippen LogP contribution in [0.5, 0.6) is 0 Å². The molecule has 6 heteroatoms. The maximum atomic E-state index is 5.84. The average molecular weight is 277 g/mol. The minimum atomic E-state index is 0.254. The van der Waals surface area contributed by atoms with Crippen molar-refractivity contribution in [3.05, 3.63) is 41.1 Å². The van der Waals surface area contributed by atoms with Gasteiger partial charge >= 0.3 is 0 Å². The first kappa shape index (κ1) is 11.3. The highest BCUT2D eigenvalue weighted by Crippen LogP contribution is 2.28. The number of hydrogen-bond donors (Lipinski definition) is 2. The standard InChI is InChI=1S/C12H9ClN4S/c13-11-10(14)12(16-6-15-11)17-8-1-2-9-7(5-8)3-4-18-9/h1-6H,14H2,(H,15,16,17). The Morgan fingerprint density at radius 3 is 3.00 bits per heavy atom. The summed E-state index contributed by atoms with van der Waals surface area (Å²) in [5.74, 6) is 0.518. The summed E-state index contributed by atoms with van der Waals surface area (Å²) < 4.78 is 1.24. The zero-order valence-electron chi connectivity index (χ0n) is 9.22. The van der Waals surface area contributed by atoms with E-state index in [1.54, 1.807) is 11.3 Å². The molecule has 18 heavy (non-hydrogen) atoms. The number of anilines is 3. The van der Waals surface area contributed by atoms with Gasteiger partial charge in [0.1, 0.15) is 12.0 Å². The Balaban J connectivity index is 1.98. The van der Waals surface area contributed by atoms with E-state index in [2.05, 4.69) is 32.8 Å². The van der Waals surface area contributed by atoms with Crippen LogP contribution in [-0.2, 0) is 0 Å². The molecule has 0 amide bonds. The van der Waals surface area contributed by atoms with E-state index in [0.29, 0.717) is 11.5 Å². The van der Waals surface area contributed by atoms with Gasteiger partial charge in [0.2, 0.25) is 0 Å². The summed E-state index contributed by atoms with van der Waals surface area (Å²) in [6, 6.07) is 8.15. The van der Waals surface area contributed by atoms with Gasteiger partial charge in [0.25, 0.3) is 0 Å². The maximum absolute atomic E-state index is 5.84. The molecule has 1 aromatic carbocycles. The topological polar surface area (TPSA) is 63.8 Å². The van der Waals surface area contributed by atoms with Crippen LogP contribution in [0.4, 0.5) is 17.2 Å². The number of hydrogen-bond acceptors (Lipinski definition) is 5. The molecule has 0 aliphatic heterocycles. The number of nitrogens with zero attached hydrogens (tertiary/aromatic N) is 2.